The number of aryl methyl sites for hydroxylation is 2. The number of ether oxygens (including phenoxy) is 1. The zero-order valence-corrected chi connectivity index (χ0v) is 11.0. The lowest BCUT2D eigenvalue weighted by molar-refractivity contribution is 0.408. The zero-order valence-electron chi connectivity index (χ0n) is 11.0. The van der Waals surface area contributed by atoms with E-state index in [0.717, 1.165) is 22.6 Å². The Morgan fingerprint density at radius 2 is 1.94 bits per heavy atom. The number of hydrogen-bond acceptors (Lipinski definition) is 3. The van der Waals surface area contributed by atoms with Crippen molar-refractivity contribution >= 4 is 0 Å². The molecule has 0 amide bonds. The van der Waals surface area contributed by atoms with E-state index in [4.69, 9.17) is 10.5 Å². The summed E-state index contributed by atoms with van der Waals surface area (Å²) < 4.78 is 5.23. The highest BCUT2D eigenvalue weighted by atomic mass is 16.5. The van der Waals surface area contributed by atoms with E-state index in [9.17, 15) is 0 Å². The molecule has 0 aliphatic rings. The molecule has 0 aliphatic carbocycles. The molecular weight excluding hydrogens is 224 g/mol. The molecule has 0 saturated heterocycles. The van der Waals surface area contributed by atoms with E-state index in [1.165, 1.54) is 11.1 Å². The van der Waals surface area contributed by atoms with Crippen molar-refractivity contribution in [1.29, 1.82) is 0 Å². The Labute approximate surface area is 108 Å². The monoisotopic (exact) mass is 242 g/mol. The maximum atomic E-state index is 5.72. The molecule has 0 aliphatic heterocycles. The van der Waals surface area contributed by atoms with Gasteiger partial charge in [0.15, 0.2) is 0 Å². The van der Waals surface area contributed by atoms with Crippen LogP contribution < -0.4 is 10.5 Å². The van der Waals surface area contributed by atoms with E-state index in [1.54, 1.807) is 13.3 Å². The van der Waals surface area contributed by atoms with Crippen molar-refractivity contribution in [3.63, 3.8) is 0 Å². The van der Waals surface area contributed by atoms with Crippen molar-refractivity contribution in [3.05, 3.63) is 47.2 Å². The highest BCUT2D eigenvalue weighted by Gasteiger charge is 2.06. The fraction of sp³-hybridized carbons (Fsp3) is 0.267. The third kappa shape index (κ3) is 2.36. The second kappa shape index (κ2) is 5.19. The Hall–Kier alpha value is -1.87. The molecule has 1 aromatic heterocycles. The van der Waals surface area contributed by atoms with Crippen molar-refractivity contribution in [2.24, 2.45) is 5.73 Å². The summed E-state index contributed by atoms with van der Waals surface area (Å²) in [6.07, 6.45) is 1.73. The lowest BCUT2D eigenvalue weighted by Gasteiger charge is -2.09. The predicted octanol–water partition coefficient (Wildman–Crippen LogP) is 2.83. The largest absolute Gasteiger partial charge is 0.495 e. The predicted molar refractivity (Wildman–Crippen MR) is 73.6 cm³/mol. The molecule has 0 fully saturated rings. The summed E-state index contributed by atoms with van der Waals surface area (Å²) in [6.45, 7) is 4.65. The minimum atomic E-state index is 0.448. The third-order valence-corrected chi connectivity index (χ3v) is 3.19. The summed E-state index contributed by atoms with van der Waals surface area (Å²) in [6, 6.07) is 8.32. The van der Waals surface area contributed by atoms with Crippen LogP contribution in [0.15, 0.2) is 30.5 Å². The normalized spacial score (nSPS) is 10.4. The second-order valence-electron chi connectivity index (χ2n) is 4.38. The smallest absolute Gasteiger partial charge is 0.141 e. The van der Waals surface area contributed by atoms with Crippen LogP contribution >= 0.6 is 0 Å². The first-order valence-corrected chi connectivity index (χ1v) is 5.96. The van der Waals surface area contributed by atoms with Gasteiger partial charge >= 0.3 is 0 Å². The van der Waals surface area contributed by atoms with Gasteiger partial charge in [0.05, 0.1) is 19.0 Å². The van der Waals surface area contributed by atoms with Crippen LogP contribution in [0.25, 0.3) is 11.3 Å². The van der Waals surface area contributed by atoms with E-state index < -0.39 is 0 Å². The number of aromatic nitrogens is 1. The fourth-order valence-electron chi connectivity index (χ4n) is 1.89. The molecule has 0 bridgehead atoms. The van der Waals surface area contributed by atoms with Gasteiger partial charge in [-0.3, -0.25) is 4.98 Å². The Morgan fingerprint density at radius 3 is 2.56 bits per heavy atom. The van der Waals surface area contributed by atoms with Crippen molar-refractivity contribution in [2.75, 3.05) is 7.11 Å². The highest BCUT2D eigenvalue weighted by Crippen LogP contribution is 2.25. The number of rotatable bonds is 3. The molecule has 2 N–H and O–H groups in total. The number of pyridine rings is 1. The van der Waals surface area contributed by atoms with Crippen molar-refractivity contribution < 1.29 is 4.74 Å². The standard InChI is InChI=1S/C15H18N2O/c1-10-4-5-12(6-11(10)2)14-7-13(8-16)15(18-3)9-17-14/h4-7,9H,8,16H2,1-3H3. The Kier molecular flexibility index (Phi) is 3.63. The average molecular weight is 242 g/mol. The fourth-order valence-corrected chi connectivity index (χ4v) is 1.89. The van der Waals surface area contributed by atoms with Crippen LogP contribution in [0, 0.1) is 13.8 Å². The number of benzene rings is 1. The molecule has 1 heterocycles. The molecule has 0 saturated carbocycles. The van der Waals surface area contributed by atoms with Crippen molar-refractivity contribution in [2.45, 2.75) is 20.4 Å². The summed E-state index contributed by atoms with van der Waals surface area (Å²) in [7, 11) is 1.63. The molecular formula is C15H18N2O. The summed E-state index contributed by atoms with van der Waals surface area (Å²) >= 11 is 0. The number of nitrogens with zero attached hydrogens (tertiary/aromatic N) is 1. The third-order valence-electron chi connectivity index (χ3n) is 3.19. The van der Waals surface area contributed by atoms with E-state index >= 15 is 0 Å². The highest BCUT2D eigenvalue weighted by molar-refractivity contribution is 5.62. The Morgan fingerprint density at radius 1 is 1.17 bits per heavy atom. The molecule has 3 nitrogen and oxygen atoms in total. The summed E-state index contributed by atoms with van der Waals surface area (Å²) in [5, 5.41) is 0. The molecule has 0 spiro atoms. The van der Waals surface area contributed by atoms with Crippen LogP contribution in [0.4, 0.5) is 0 Å². The average Bonchev–Trinajstić information content (AvgIpc) is 2.41. The van der Waals surface area contributed by atoms with Crippen molar-refractivity contribution in [3.8, 4) is 17.0 Å². The van der Waals surface area contributed by atoms with Gasteiger partial charge in [-0.2, -0.15) is 0 Å². The molecule has 2 aromatic rings. The molecule has 0 radical (unpaired) electrons. The zero-order chi connectivity index (χ0) is 13.1. The molecule has 0 atom stereocenters. The Bertz CT molecular complexity index is 564. The van der Waals surface area contributed by atoms with Crippen LogP contribution in [-0.2, 0) is 6.54 Å². The Balaban J connectivity index is 2.47. The van der Waals surface area contributed by atoms with Gasteiger partial charge in [-0.25, -0.2) is 0 Å². The first kappa shape index (κ1) is 12.6. The lowest BCUT2D eigenvalue weighted by Crippen LogP contribution is -2.01. The van der Waals surface area contributed by atoms with E-state index in [1.807, 2.05) is 6.07 Å². The number of methoxy groups -OCH3 is 1. The van der Waals surface area contributed by atoms with Gasteiger partial charge in [-0.15, -0.1) is 0 Å². The van der Waals surface area contributed by atoms with Crippen LogP contribution in [0.1, 0.15) is 16.7 Å². The maximum absolute atomic E-state index is 5.72. The van der Waals surface area contributed by atoms with Crippen LogP contribution in [0.2, 0.25) is 0 Å². The van der Waals surface area contributed by atoms with E-state index in [0.29, 0.717) is 6.54 Å². The number of nitrogens with two attached hydrogens (primary N) is 1. The van der Waals surface area contributed by atoms with Gasteiger partial charge in [-0.1, -0.05) is 12.1 Å². The maximum Gasteiger partial charge on any atom is 0.141 e. The topological polar surface area (TPSA) is 48.1 Å². The quantitative estimate of drug-likeness (QED) is 0.900. The first-order valence-electron chi connectivity index (χ1n) is 5.96. The van der Waals surface area contributed by atoms with Crippen molar-refractivity contribution in [1.82, 2.24) is 4.98 Å². The molecule has 3 heteroatoms. The van der Waals surface area contributed by atoms with Crippen LogP contribution in [-0.4, -0.2) is 12.1 Å². The van der Waals surface area contributed by atoms with E-state index in [-0.39, 0.29) is 0 Å². The molecule has 0 unspecified atom stereocenters. The SMILES string of the molecule is COc1cnc(-c2ccc(C)c(C)c2)cc1CN. The van der Waals surface area contributed by atoms with Gasteiger partial charge in [0.1, 0.15) is 5.75 Å². The summed E-state index contributed by atoms with van der Waals surface area (Å²) in [4.78, 5) is 4.42. The summed E-state index contributed by atoms with van der Waals surface area (Å²) in [5.41, 5.74) is 11.3. The molecule has 94 valence electrons. The minimum absolute atomic E-state index is 0.448. The van der Waals surface area contributed by atoms with Gasteiger partial charge in [0.2, 0.25) is 0 Å². The van der Waals surface area contributed by atoms with Crippen LogP contribution in [0.5, 0.6) is 5.75 Å². The molecule has 2 rings (SSSR count). The molecule has 18 heavy (non-hydrogen) atoms. The number of hydrogen-bond donors (Lipinski definition) is 1. The van der Waals surface area contributed by atoms with E-state index in [2.05, 4.69) is 37.0 Å². The van der Waals surface area contributed by atoms with Gasteiger partial charge in [0, 0.05) is 17.7 Å². The van der Waals surface area contributed by atoms with Crippen LogP contribution in [0.3, 0.4) is 0 Å². The molecule has 1 aromatic carbocycles. The minimum Gasteiger partial charge on any atom is -0.495 e. The first-order chi connectivity index (χ1) is 8.65. The van der Waals surface area contributed by atoms with Gasteiger partial charge in [-0.05, 0) is 37.1 Å². The second-order valence-corrected chi connectivity index (χ2v) is 4.38. The van der Waals surface area contributed by atoms with Gasteiger partial charge < -0.3 is 10.5 Å². The summed E-state index contributed by atoms with van der Waals surface area (Å²) in [5.74, 6) is 0.741. The lowest BCUT2D eigenvalue weighted by atomic mass is 10.0. The van der Waals surface area contributed by atoms with Gasteiger partial charge in [0.25, 0.3) is 0 Å².